The zero-order chi connectivity index (χ0) is 21.6. The lowest BCUT2D eigenvalue weighted by atomic mass is 9.99. The van der Waals surface area contributed by atoms with Crippen LogP contribution in [0.1, 0.15) is 35.1 Å². The number of benzene rings is 3. The Morgan fingerprint density at radius 2 is 1.75 bits per heavy atom. The van der Waals surface area contributed by atoms with Crippen LogP contribution in [-0.2, 0) is 24.2 Å². The number of nitrogens with one attached hydrogen (secondary N) is 2. The van der Waals surface area contributed by atoms with Crippen LogP contribution in [0.2, 0.25) is 0 Å². The van der Waals surface area contributed by atoms with Crippen molar-refractivity contribution >= 4 is 35.5 Å². The molecule has 0 saturated carbocycles. The highest BCUT2D eigenvalue weighted by molar-refractivity contribution is 5.95. The van der Waals surface area contributed by atoms with E-state index >= 15 is 0 Å². The Kier molecular flexibility index (Phi) is 7.90. The van der Waals surface area contributed by atoms with Gasteiger partial charge in [0.25, 0.3) is 0 Å². The molecular formula is C26H29ClN4O. The van der Waals surface area contributed by atoms with E-state index in [-0.39, 0.29) is 24.1 Å². The van der Waals surface area contributed by atoms with Crippen molar-refractivity contribution in [3.63, 3.8) is 0 Å². The molecule has 0 aromatic heterocycles. The summed E-state index contributed by atoms with van der Waals surface area (Å²) in [5.41, 5.74) is 11.9. The molecule has 6 heteroatoms. The maximum atomic E-state index is 13.0. The molecule has 0 fully saturated rings. The third-order valence-electron chi connectivity index (χ3n) is 5.73. The van der Waals surface area contributed by atoms with E-state index in [0.29, 0.717) is 18.4 Å². The van der Waals surface area contributed by atoms with Crippen LogP contribution in [-0.4, -0.2) is 18.3 Å². The minimum atomic E-state index is 0. The van der Waals surface area contributed by atoms with Crippen molar-refractivity contribution < 1.29 is 4.79 Å². The maximum Gasteiger partial charge on any atom is 0.227 e. The van der Waals surface area contributed by atoms with Gasteiger partial charge in [-0.2, -0.15) is 0 Å². The van der Waals surface area contributed by atoms with E-state index in [4.69, 9.17) is 11.1 Å². The zero-order valence-electron chi connectivity index (χ0n) is 18.0. The third kappa shape index (κ3) is 5.68. The highest BCUT2D eigenvalue weighted by atomic mass is 35.5. The summed E-state index contributed by atoms with van der Waals surface area (Å²) in [6.07, 6.45) is 3.12. The van der Waals surface area contributed by atoms with Gasteiger partial charge in [-0.1, -0.05) is 54.6 Å². The first-order valence-corrected chi connectivity index (χ1v) is 10.7. The molecule has 0 aliphatic carbocycles. The molecule has 3 aromatic carbocycles. The molecule has 4 N–H and O–H groups in total. The second-order valence-corrected chi connectivity index (χ2v) is 7.94. The molecule has 166 valence electrons. The predicted octanol–water partition coefficient (Wildman–Crippen LogP) is 4.92. The van der Waals surface area contributed by atoms with E-state index in [0.717, 1.165) is 42.9 Å². The molecule has 0 saturated heterocycles. The van der Waals surface area contributed by atoms with Gasteiger partial charge in [-0.25, -0.2) is 0 Å². The summed E-state index contributed by atoms with van der Waals surface area (Å²) < 4.78 is 0. The topological polar surface area (TPSA) is 82.2 Å². The summed E-state index contributed by atoms with van der Waals surface area (Å²) in [7, 11) is 0. The lowest BCUT2D eigenvalue weighted by molar-refractivity contribution is -0.118. The van der Waals surface area contributed by atoms with Gasteiger partial charge in [-0.3, -0.25) is 10.2 Å². The van der Waals surface area contributed by atoms with Crippen LogP contribution in [0.5, 0.6) is 0 Å². The fraction of sp³-hybridized carbons (Fsp3) is 0.231. The lowest BCUT2D eigenvalue weighted by Crippen LogP contribution is -2.35. The highest BCUT2D eigenvalue weighted by Gasteiger charge is 2.22. The van der Waals surface area contributed by atoms with E-state index in [1.165, 1.54) is 11.1 Å². The molecule has 0 bridgehead atoms. The number of nitrogen functional groups attached to an aromatic ring is 1. The van der Waals surface area contributed by atoms with Crippen molar-refractivity contribution in [3.8, 4) is 0 Å². The van der Waals surface area contributed by atoms with Gasteiger partial charge < -0.3 is 16.0 Å². The average Bonchev–Trinajstić information content (AvgIpc) is 2.81. The second-order valence-electron chi connectivity index (χ2n) is 7.94. The molecule has 4 rings (SSSR count). The largest absolute Gasteiger partial charge is 0.384 e. The van der Waals surface area contributed by atoms with Gasteiger partial charge in [0, 0.05) is 36.4 Å². The van der Waals surface area contributed by atoms with Crippen LogP contribution >= 0.6 is 12.4 Å². The molecule has 1 heterocycles. The molecule has 0 spiro atoms. The van der Waals surface area contributed by atoms with Crippen molar-refractivity contribution in [2.75, 3.05) is 16.8 Å². The van der Waals surface area contributed by atoms with Crippen LogP contribution in [0.3, 0.4) is 0 Å². The van der Waals surface area contributed by atoms with Crippen LogP contribution < -0.4 is 16.0 Å². The van der Waals surface area contributed by atoms with Gasteiger partial charge in [0.05, 0.1) is 0 Å². The SMILES string of the molecule is Cl.N=C(N)c1ccc(CCC(=O)N2CCCc3cc(NCc4ccccc4)ccc32)cc1. The summed E-state index contributed by atoms with van der Waals surface area (Å²) in [4.78, 5) is 14.9. The number of aryl methyl sites for hydroxylation is 2. The van der Waals surface area contributed by atoms with Crippen molar-refractivity contribution in [1.82, 2.24) is 0 Å². The number of hydrogen-bond acceptors (Lipinski definition) is 3. The highest BCUT2D eigenvalue weighted by Crippen LogP contribution is 2.30. The minimum Gasteiger partial charge on any atom is -0.384 e. The van der Waals surface area contributed by atoms with Crippen molar-refractivity contribution in [3.05, 3.63) is 95.1 Å². The molecule has 1 aliphatic heterocycles. The van der Waals surface area contributed by atoms with Crippen molar-refractivity contribution in [2.45, 2.75) is 32.2 Å². The Hall–Kier alpha value is -3.31. The summed E-state index contributed by atoms with van der Waals surface area (Å²) in [6.45, 7) is 1.55. The standard InChI is InChI=1S/C26H28N4O.ClH/c27-26(28)21-11-8-19(9-12-21)10-15-25(31)30-16-4-7-22-17-23(13-14-24(22)30)29-18-20-5-2-1-3-6-20;/h1-3,5-6,8-9,11-14,17,29H,4,7,10,15-16,18H2,(H3,27,28);1H. The molecule has 32 heavy (non-hydrogen) atoms. The molecular weight excluding hydrogens is 420 g/mol. The molecule has 0 unspecified atom stereocenters. The molecule has 0 radical (unpaired) electrons. The van der Waals surface area contributed by atoms with Crippen LogP contribution in [0.15, 0.2) is 72.8 Å². The normalized spacial score (nSPS) is 12.4. The van der Waals surface area contributed by atoms with Crippen molar-refractivity contribution in [2.24, 2.45) is 5.73 Å². The fourth-order valence-electron chi connectivity index (χ4n) is 4.00. The Bertz CT molecular complexity index is 1070. The Labute approximate surface area is 195 Å². The van der Waals surface area contributed by atoms with Gasteiger partial charge >= 0.3 is 0 Å². The lowest BCUT2D eigenvalue weighted by Gasteiger charge is -2.30. The van der Waals surface area contributed by atoms with Crippen LogP contribution in [0, 0.1) is 5.41 Å². The number of nitrogens with two attached hydrogens (primary N) is 1. The number of nitrogens with zero attached hydrogens (tertiary/aromatic N) is 1. The van der Waals surface area contributed by atoms with E-state index in [9.17, 15) is 4.79 Å². The summed E-state index contributed by atoms with van der Waals surface area (Å²) in [5.74, 6) is 0.215. The zero-order valence-corrected chi connectivity index (χ0v) is 18.8. The smallest absolute Gasteiger partial charge is 0.227 e. The third-order valence-corrected chi connectivity index (χ3v) is 5.73. The molecule has 1 amide bonds. The van der Waals surface area contributed by atoms with Gasteiger partial charge in [0.15, 0.2) is 0 Å². The van der Waals surface area contributed by atoms with Crippen LogP contribution in [0.25, 0.3) is 0 Å². The molecule has 3 aromatic rings. The number of fused-ring (bicyclic) bond motifs is 1. The van der Waals surface area contributed by atoms with E-state index in [2.05, 4.69) is 35.6 Å². The first-order valence-electron chi connectivity index (χ1n) is 10.7. The number of anilines is 2. The van der Waals surface area contributed by atoms with Gasteiger partial charge in [0.2, 0.25) is 5.91 Å². The van der Waals surface area contributed by atoms with Gasteiger partial charge in [-0.05, 0) is 54.2 Å². The number of amides is 1. The Morgan fingerprint density at radius 3 is 2.47 bits per heavy atom. The van der Waals surface area contributed by atoms with Crippen molar-refractivity contribution in [1.29, 1.82) is 5.41 Å². The number of hydrogen-bond donors (Lipinski definition) is 3. The molecule has 0 atom stereocenters. The number of carbonyl (C=O) groups is 1. The first-order chi connectivity index (χ1) is 15.1. The fourth-order valence-corrected chi connectivity index (χ4v) is 4.00. The monoisotopic (exact) mass is 448 g/mol. The van der Waals surface area contributed by atoms with Gasteiger partial charge in [-0.15, -0.1) is 12.4 Å². The average molecular weight is 449 g/mol. The second kappa shape index (κ2) is 10.8. The van der Waals surface area contributed by atoms with E-state index < -0.39 is 0 Å². The number of rotatable bonds is 7. The number of amidine groups is 1. The number of halogens is 1. The Morgan fingerprint density at radius 1 is 1.00 bits per heavy atom. The van der Waals surface area contributed by atoms with Crippen LogP contribution in [0.4, 0.5) is 11.4 Å². The summed E-state index contributed by atoms with van der Waals surface area (Å²) >= 11 is 0. The molecule has 1 aliphatic rings. The molecule has 5 nitrogen and oxygen atoms in total. The predicted molar refractivity (Wildman–Crippen MR) is 134 cm³/mol. The van der Waals surface area contributed by atoms with Gasteiger partial charge in [0.1, 0.15) is 5.84 Å². The maximum absolute atomic E-state index is 13.0. The first kappa shape index (κ1) is 23.4. The summed E-state index contributed by atoms with van der Waals surface area (Å²) in [5, 5.41) is 11.0. The van der Waals surface area contributed by atoms with E-state index in [1.807, 2.05) is 47.4 Å². The number of carbonyl (C=O) groups excluding carboxylic acids is 1. The minimum absolute atomic E-state index is 0. The Balaban J connectivity index is 0.00000289. The summed E-state index contributed by atoms with van der Waals surface area (Å²) in [6, 6.07) is 24.2. The quantitative estimate of drug-likeness (QED) is 0.354. The van der Waals surface area contributed by atoms with E-state index in [1.54, 1.807) is 0 Å².